The molecule has 0 aliphatic heterocycles. The molecule has 1 aromatic rings. The molecule has 0 spiro atoms. The minimum Gasteiger partial charge on any atom is -0.426 e. The number of hydrogen-bond donors (Lipinski definition) is 1. The van der Waals surface area contributed by atoms with Crippen molar-refractivity contribution in [1.29, 1.82) is 0 Å². The molecule has 1 rings (SSSR count). The van der Waals surface area contributed by atoms with E-state index in [4.69, 9.17) is 9.88 Å². The third-order valence-corrected chi connectivity index (χ3v) is 3.44. The van der Waals surface area contributed by atoms with Gasteiger partial charge in [-0.15, -0.1) is 0 Å². The molecular formula is C12H17NO3S. The van der Waals surface area contributed by atoms with Gasteiger partial charge in [0.15, 0.2) is 0 Å². The van der Waals surface area contributed by atoms with Crippen LogP contribution in [0.2, 0.25) is 0 Å². The second-order valence-electron chi connectivity index (χ2n) is 4.40. The van der Waals surface area contributed by atoms with Gasteiger partial charge in [-0.05, 0) is 44.5 Å². The predicted molar refractivity (Wildman–Crippen MR) is 66.7 cm³/mol. The van der Waals surface area contributed by atoms with Crippen LogP contribution in [-0.4, -0.2) is 10.2 Å². The maximum absolute atomic E-state index is 11.8. The van der Waals surface area contributed by atoms with Crippen LogP contribution in [0, 0.1) is 5.41 Å². The summed E-state index contributed by atoms with van der Waals surface area (Å²) < 4.78 is 16.2. The number of benzene rings is 1. The zero-order chi connectivity index (χ0) is 13.1. The van der Waals surface area contributed by atoms with E-state index < -0.39 is 16.4 Å². The fourth-order valence-corrected chi connectivity index (χ4v) is 1.44. The Morgan fingerprint density at radius 3 is 2.29 bits per heavy atom. The first-order chi connectivity index (χ1) is 7.86. The SMILES string of the molecule is CCC(C)(C)C(=O)Oc1ccc(S(N)=O)cc1. The van der Waals surface area contributed by atoms with Crippen molar-refractivity contribution in [3.8, 4) is 5.75 Å². The molecule has 1 atom stereocenters. The van der Waals surface area contributed by atoms with E-state index in [-0.39, 0.29) is 5.97 Å². The zero-order valence-corrected chi connectivity index (χ0v) is 11.0. The van der Waals surface area contributed by atoms with E-state index in [0.717, 1.165) is 0 Å². The molecule has 0 aromatic heterocycles. The van der Waals surface area contributed by atoms with Gasteiger partial charge in [0.1, 0.15) is 16.7 Å². The number of ether oxygens (including phenoxy) is 1. The van der Waals surface area contributed by atoms with Crippen LogP contribution >= 0.6 is 0 Å². The van der Waals surface area contributed by atoms with Crippen LogP contribution in [0.15, 0.2) is 29.2 Å². The van der Waals surface area contributed by atoms with E-state index in [1.165, 1.54) is 0 Å². The second kappa shape index (κ2) is 5.42. The summed E-state index contributed by atoms with van der Waals surface area (Å²) in [6.45, 7) is 5.60. The highest BCUT2D eigenvalue weighted by atomic mass is 32.2. The van der Waals surface area contributed by atoms with Crippen molar-refractivity contribution in [2.45, 2.75) is 32.1 Å². The molecule has 0 saturated heterocycles. The molecule has 17 heavy (non-hydrogen) atoms. The zero-order valence-electron chi connectivity index (χ0n) is 10.2. The summed E-state index contributed by atoms with van der Waals surface area (Å²) in [7, 11) is -1.51. The quantitative estimate of drug-likeness (QED) is 0.661. The Hall–Kier alpha value is -1.20. The van der Waals surface area contributed by atoms with Crippen LogP contribution in [-0.2, 0) is 15.8 Å². The van der Waals surface area contributed by atoms with Crippen molar-refractivity contribution in [3.63, 3.8) is 0 Å². The minimum absolute atomic E-state index is 0.276. The first-order valence-corrected chi connectivity index (χ1v) is 6.56. The van der Waals surface area contributed by atoms with E-state index in [2.05, 4.69) is 0 Å². The van der Waals surface area contributed by atoms with Crippen LogP contribution in [0.25, 0.3) is 0 Å². The van der Waals surface area contributed by atoms with Crippen molar-refractivity contribution < 1.29 is 13.7 Å². The van der Waals surface area contributed by atoms with Crippen molar-refractivity contribution in [1.82, 2.24) is 0 Å². The summed E-state index contributed by atoms with van der Waals surface area (Å²) in [4.78, 5) is 12.3. The number of nitrogens with two attached hydrogens (primary N) is 1. The van der Waals surface area contributed by atoms with Crippen molar-refractivity contribution in [2.75, 3.05) is 0 Å². The van der Waals surface area contributed by atoms with E-state index in [1.807, 2.05) is 20.8 Å². The largest absolute Gasteiger partial charge is 0.426 e. The van der Waals surface area contributed by atoms with Gasteiger partial charge in [-0.2, -0.15) is 0 Å². The normalized spacial score (nSPS) is 13.2. The van der Waals surface area contributed by atoms with Crippen molar-refractivity contribution in [2.24, 2.45) is 10.6 Å². The van der Waals surface area contributed by atoms with Crippen molar-refractivity contribution >= 4 is 17.0 Å². The van der Waals surface area contributed by atoms with E-state index in [9.17, 15) is 9.00 Å². The standard InChI is InChI=1S/C12H17NO3S/c1-4-12(2,3)11(14)16-9-5-7-10(8-6-9)17(13)15/h5-8H,4,13H2,1-3H3. The molecule has 0 saturated carbocycles. The average molecular weight is 255 g/mol. The third kappa shape index (κ3) is 3.64. The maximum atomic E-state index is 11.8. The van der Waals surface area contributed by atoms with Gasteiger partial charge in [-0.1, -0.05) is 6.92 Å². The van der Waals surface area contributed by atoms with Gasteiger partial charge in [0.2, 0.25) is 0 Å². The van der Waals surface area contributed by atoms with E-state index >= 15 is 0 Å². The number of carbonyl (C=O) groups is 1. The lowest BCUT2D eigenvalue weighted by Gasteiger charge is -2.20. The summed E-state index contributed by atoms with van der Waals surface area (Å²) in [6, 6.07) is 6.34. The Kier molecular flexibility index (Phi) is 4.42. The predicted octanol–water partition coefficient (Wildman–Crippen LogP) is 2.01. The number of rotatable bonds is 4. The van der Waals surface area contributed by atoms with E-state index in [0.29, 0.717) is 17.1 Å². The van der Waals surface area contributed by atoms with Gasteiger partial charge in [0.05, 0.1) is 10.3 Å². The maximum Gasteiger partial charge on any atom is 0.316 e. The summed E-state index contributed by atoms with van der Waals surface area (Å²) >= 11 is 0. The molecule has 0 amide bonds. The van der Waals surface area contributed by atoms with Gasteiger partial charge in [-0.25, -0.2) is 9.35 Å². The summed E-state index contributed by atoms with van der Waals surface area (Å²) in [5.74, 6) is 0.160. The Labute approximate surface area is 104 Å². The molecule has 0 aliphatic carbocycles. The van der Waals surface area contributed by atoms with Gasteiger partial charge >= 0.3 is 5.97 Å². The fraction of sp³-hybridized carbons (Fsp3) is 0.417. The molecular weight excluding hydrogens is 238 g/mol. The fourth-order valence-electron chi connectivity index (χ4n) is 1.03. The summed E-state index contributed by atoms with van der Waals surface area (Å²) in [5.41, 5.74) is -0.505. The molecule has 0 heterocycles. The number of esters is 1. The summed E-state index contributed by atoms with van der Waals surface area (Å²) in [5, 5.41) is 5.22. The van der Waals surface area contributed by atoms with Crippen LogP contribution in [0.3, 0.4) is 0 Å². The minimum atomic E-state index is -1.51. The highest BCUT2D eigenvalue weighted by Crippen LogP contribution is 2.23. The van der Waals surface area contributed by atoms with Gasteiger partial charge in [0, 0.05) is 0 Å². The topological polar surface area (TPSA) is 69.4 Å². The average Bonchev–Trinajstić information content (AvgIpc) is 2.29. The molecule has 94 valence electrons. The molecule has 1 unspecified atom stereocenters. The van der Waals surface area contributed by atoms with Crippen LogP contribution in [0.4, 0.5) is 0 Å². The van der Waals surface area contributed by atoms with Gasteiger partial charge in [0.25, 0.3) is 0 Å². The number of carbonyl (C=O) groups excluding carboxylic acids is 1. The Morgan fingerprint density at radius 2 is 1.88 bits per heavy atom. The van der Waals surface area contributed by atoms with Crippen LogP contribution < -0.4 is 9.88 Å². The lowest BCUT2D eigenvalue weighted by Crippen LogP contribution is -2.28. The molecule has 0 aliphatic rings. The second-order valence-corrected chi connectivity index (χ2v) is 5.46. The van der Waals surface area contributed by atoms with Crippen LogP contribution in [0.1, 0.15) is 27.2 Å². The first-order valence-electron chi connectivity index (χ1n) is 5.35. The molecule has 1 aromatic carbocycles. The van der Waals surface area contributed by atoms with E-state index in [1.54, 1.807) is 24.3 Å². The Balaban J connectivity index is 2.76. The highest BCUT2D eigenvalue weighted by Gasteiger charge is 2.27. The lowest BCUT2D eigenvalue weighted by molar-refractivity contribution is -0.144. The molecule has 5 heteroatoms. The van der Waals surface area contributed by atoms with Gasteiger partial charge < -0.3 is 4.74 Å². The molecule has 0 radical (unpaired) electrons. The summed E-state index contributed by atoms with van der Waals surface area (Å²) in [6.07, 6.45) is 0.705. The van der Waals surface area contributed by atoms with Crippen LogP contribution in [0.5, 0.6) is 5.75 Å². The highest BCUT2D eigenvalue weighted by molar-refractivity contribution is 7.82. The first kappa shape index (κ1) is 13.9. The molecule has 0 bridgehead atoms. The smallest absolute Gasteiger partial charge is 0.316 e. The Bertz CT molecular complexity index is 426. The molecule has 2 N–H and O–H groups in total. The molecule has 4 nitrogen and oxygen atoms in total. The number of hydrogen-bond acceptors (Lipinski definition) is 3. The lowest BCUT2D eigenvalue weighted by atomic mass is 9.91. The monoisotopic (exact) mass is 255 g/mol. The van der Waals surface area contributed by atoms with Gasteiger partial charge in [-0.3, -0.25) is 4.79 Å². The molecule has 0 fully saturated rings. The third-order valence-electron chi connectivity index (χ3n) is 2.70. The Morgan fingerprint density at radius 1 is 1.35 bits per heavy atom. The van der Waals surface area contributed by atoms with Crippen molar-refractivity contribution in [3.05, 3.63) is 24.3 Å².